The molecule has 1 aliphatic rings. The number of hydrogen-bond acceptors (Lipinski definition) is 3. The Morgan fingerprint density at radius 3 is 2.00 bits per heavy atom. The lowest BCUT2D eigenvalue weighted by atomic mass is 9.88. The van der Waals surface area contributed by atoms with Crippen LogP contribution in [0, 0.1) is 0 Å². The van der Waals surface area contributed by atoms with Crippen molar-refractivity contribution < 1.29 is 13.5 Å². The third-order valence-corrected chi connectivity index (χ3v) is 7.36. The van der Waals surface area contributed by atoms with Crippen molar-refractivity contribution in [3.05, 3.63) is 71.8 Å². The monoisotopic (exact) mass is 359 g/mol. The molecule has 134 valence electrons. The van der Waals surface area contributed by atoms with Crippen molar-refractivity contribution in [2.24, 2.45) is 0 Å². The van der Waals surface area contributed by atoms with Gasteiger partial charge in [-0.1, -0.05) is 67.1 Å². The SMILES string of the molecule is C[C@@](O)(c1ccccc1)[C@H](c1ccccc1)S(=O)(=O)N1CCCCC1. The quantitative estimate of drug-likeness (QED) is 0.889. The summed E-state index contributed by atoms with van der Waals surface area (Å²) in [5, 5.41) is 10.3. The summed E-state index contributed by atoms with van der Waals surface area (Å²) in [7, 11) is -3.70. The van der Waals surface area contributed by atoms with Crippen LogP contribution in [0.3, 0.4) is 0 Å². The number of nitrogens with zero attached hydrogens (tertiary/aromatic N) is 1. The summed E-state index contributed by atoms with van der Waals surface area (Å²) >= 11 is 0. The first kappa shape index (κ1) is 18.1. The number of hydrogen-bond donors (Lipinski definition) is 1. The average Bonchev–Trinajstić information content (AvgIpc) is 2.64. The summed E-state index contributed by atoms with van der Waals surface area (Å²) < 4.78 is 28.5. The van der Waals surface area contributed by atoms with E-state index in [0.717, 1.165) is 19.3 Å². The van der Waals surface area contributed by atoms with Crippen LogP contribution < -0.4 is 0 Å². The van der Waals surface area contributed by atoms with E-state index < -0.39 is 20.9 Å². The molecule has 1 fully saturated rings. The molecule has 2 aromatic carbocycles. The third kappa shape index (κ3) is 3.64. The van der Waals surface area contributed by atoms with E-state index in [9.17, 15) is 13.5 Å². The molecule has 1 saturated heterocycles. The minimum Gasteiger partial charge on any atom is -0.384 e. The lowest BCUT2D eigenvalue weighted by Crippen LogP contribution is -2.45. The molecule has 1 heterocycles. The molecule has 0 saturated carbocycles. The van der Waals surface area contributed by atoms with Crippen molar-refractivity contribution in [2.75, 3.05) is 13.1 Å². The Morgan fingerprint density at radius 2 is 1.44 bits per heavy atom. The van der Waals surface area contributed by atoms with Gasteiger partial charge in [0.25, 0.3) is 0 Å². The van der Waals surface area contributed by atoms with Gasteiger partial charge in [-0.05, 0) is 30.9 Å². The van der Waals surface area contributed by atoms with E-state index in [4.69, 9.17) is 0 Å². The highest BCUT2D eigenvalue weighted by atomic mass is 32.2. The molecule has 0 radical (unpaired) electrons. The lowest BCUT2D eigenvalue weighted by molar-refractivity contribution is 0.0492. The van der Waals surface area contributed by atoms with E-state index in [-0.39, 0.29) is 0 Å². The molecule has 4 nitrogen and oxygen atoms in total. The molecule has 0 unspecified atom stereocenters. The lowest BCUT2D eigenvalue weighted by Gasteiger charge is -2.38. The first-order valence-corrected chi connectivity index (χ1v) is 10.3. The molecule has 0 aliphatic carbocycles. The Morgan fingerprint density at radius 1 is 0.920 bits per heavy atom. The topological polar surface area (TPSA) is 57.6 Å². The van der Waals surface area contributed by atoms with Crippen LogP contribution >= 0.6 is 0 Å². The molecule has 0 spiro atoms. The largest absolute Gasteiger partial charge is 0.384 e. The third-order valence-electron chi connectivity index (χ3n) is 4.94. The molecule has 1 N–H and O–H groups in total. The van der Waals surface area contributed by atoms with Gasteiger partial charge >= 0.3 is 0 Å². The van der Waals surface area contributed by atoms with Crippen LogP contribution in [-0.2, 0) is 15.6 Å². The standard InChI is InChI=1S/C20H25NO3S/c1-20(22,18-13-7-3-8-14-18)19(17-11-5-2-6-12-17)25(23,24)21-15-9-4-10-16-21/h2-3,5-8,11-14,19,22H,4,9-10,15-16H2,1H3/t19-,20+/m0/s1. The Balaban J connectivity index is 2.10. The zero-order valence-electron chi connectivity index (χ0n) is 14.5. The van der Waals surface area contributed by atoms with Crippen LogP contribution in [0.1, 0.15) is 42.6 Å². The van der Waals surface area contributed by atoms with Gasteiger partial charge in [-0.15, -0.1) is 0 Å². The number of aliphatic hydroxyl groups is 1. The molecule has 2 aromatic rings. The highest BCUT2D eigenvalue weighted by Gasteiger charge is 2.46. The van der Waals surface area contributed by atoms with Crippen LogP contribution in [-0.4, -0.2) is 30.9 Å². The molecule has 1 aliphatic heterocycles. The number of benzene rings is 2. The molecular formula is C20H25NO3S. The summed E-state index contributed by atoms with van der Waals surface area (Å²) in [6.45, 7) is 2.65. The fourth-order valence-corrected chi connectivity index (χ4v) is 5.89. The van der Waals surface area contributed by atoms with Gasteiger partial charge in [-0.25, -0.2) is 12.7 Å². The second-order valence-electron chi connectivity index (χ2n) is 6.81. The Kier molecular flexibility index (Phi) is 5.27. The maximum absolute atomic E-state index is 13.5. The van der Waals surface area contributed by atoms with Crippen LogP contribution in [0.25, 0.3) is 0 Å². The molecule has 5 heteroatoms. The molecule has 2 atom stereocenters. The normalized spacial score (nSPS) is 19.9. The summed E-state index contributed by atoms with van der Waals surface area (Å²) in [6, 6.07) is 18.1. The number of sulfonamides is 1. The van der Waals surface area contributed by atoms with Crippen LogP contribution in [0.15, 0.2) is 60.7 Å². The number of rotatable bonds is 5. The smallest absolute Gasteiger partial charge is 0.224 e. The average molecular weight is 359 g/mol. The van der Waals surface area contributed by atoms with E-state index in [1.54, 1.807) is 35.5 Å². The van der Waals surface area contributed by atoms with Crippen LogP contribution in [0.5, 0.6) is 0 Å². The highest BCUT2D eigenvalue weighted by molar-refractivity contribution is 7.89. The highest BCUT2D eigenvalue weighted by Crippen LogP contribution is 2.42. The zero-order valence-corrected chi connectivity index (χ0v) is 15.3. The van der Waals surface area contributed by atoms with Crippen LogP contribution in [0.2, 0.25) is 0 Å². The maximum Gasteiger partial charge on any atom is 0.224 e. The van der Waals surface area contributed by atoms with Crippen molar-refractivity contribution in [1.82, 2.24) is 4.31 Å². The van der Waals surface area contributed by atoms with E-state index in [0.29, 0.717) is 24.2 Å². The summed E-state index contributed by atoms with van der Waals surface area (Å²) in [5.74, 6) is 0. The van der Waals surface area contributed by atoms with Gasteiger partial charge in [-0.2, -0.15) is 0 Å². The minimum absolute atomic E-state index is 0.524. The zero-order chi connectivity index (χ0) is 17.9. The van der Waals surface area contributed by atoms with Gasteiger partial charge in [0.15, 0.2) is 0 Å². The van der Waals surface area contributed by atoms with Crippen molar-refractivity contribution >= 4 is 10.0 Å². The van der Waals surface area contributed by atoms with Gasteiger partial charge in [0.05, 0.1) is 0 Å². The van der Waals surface area contributed by atoms with Gasteiger partial charge in [0.2, 0.25) is 10.0 Å². The van der Waals surface area contributed by atoms with Gasteiger partial charge in [-0.3, -0.25) is 0 Å². The van der Waals surface area contributed by atoms with Gasteiger partial charge in [0, 0.05) is 13.1 Å². The van der Waals surface area contributed by atoms with Crippen molar-refractivity contribution in [3.63, 3.8) is 0 Å². The van der Waals surface area contributed by atoms with Crippen molar-refractivity contribution in [1.29, 1.82) is 0 Å². The minimum atomic E-state index is -3.70. The van der Waals surface area contributed by atoms with Crippen molar-refractivity contribution in [2.45, 2.75) is 37.0 Å². The maximum atomic E-state index is 13.5. The molecule has 3 rings (SSSR count). The Bertz CT molecular complexity index is 782. The molecule has 0 aromatic heterocycles. The fraction of sp³-hybridized carbons (Fsp3) is 0.400. The molecular weight excluding hydrogens is 334 g/mol. The first-order chi connectivity index (χ1) is 11.9. The summed E-state index contributed by atoms with van der Waals surface area (Å²) in [5.41, 5.74) is -0.315. The second kappa shape index (κ2) is 7.28. The first-order valence-electron chi connectivity index (χ1n) is 8.76. The summed E-state index contributed by atoms with van der Waals surface area (Å²) in [6.07, 6.45) is 2.79. The Hall–Kier alpha value is -1.69. The van der Waals surface area contributed by atoms with Crippen LogP contribution in [0.4, 0.5) is 0 Å². The van der Waals surface area contributed by atoms with Gasteiger partial charge < -0.3 is 5.11 Å². The van der Waals surface area contributed by atoms with Crippen molar-refractivity contribution in [3.8, 4) is 0 Å². The fourth-order valence-electron chi connectivity index (χ4n) is 3.61. The second-order valence-corrected chi connectivity index (χ2v) is 8.83. The number of piperidine rings is 1. The predicted molar refractivity (Wildman–Crippen MR) is 99.5 cm³/mol. The summed E-state index contributed by atoms with van der Waals surface area (Å²) in [4.78, 5) is 0. The Labute approximate surface area is 150 Å². The van der Waals surface area contributed by atoms with E-state index in [1.165, 1.54) is 0 Å². The van der Waals surface area contributed by atoms with Gasteiger partial charge in [0.1, 0.15) is 10.9 Å². The van der Waals surface area contributed by atoms with E-state index in [1.807, 2.05) is 36.4 Å². The predicted octanol–water partition coefficient (Wildman–Crippen LogP) is 3.45. The molecule has 25 heavy (non-hydrogen) atoms. The molecule has 0 bridgehead atoms. The van der Waals surface area contributed by atoms with E-state index >= 15 is 0 Å². The van der Waals surface area contributed by atoms with E-state index in [2.05, 4.69) is 0 Å². The molecule has 0 amide bonds.